The van der Waals surface area contributed by atoms with Gasteiger partial charge < -0.3 is 4.74 Å². The Kier molecular flexibility index (Phi) is 1.68. The maximum Gasteiger partial charge on any atom is 0.311 e. The van der Waals surface area contributed by atoms with E-state index in [9.17, 15) is 4.79 Å². The van der Waals surface area contributed by atoms with Crippen LogP contribution in [0.15, 0.2) is 24.0 Å². The molecule has 0 atom stereocenters. The molecule has 0 aromatic rings. The van der Waals surface area contributed by atoms with E-state index >= 15 is 0 Å². The van der Waals surface area contributed by atoms with Gasteiger partial charge >= 0.3 is 5.97 Å². The minimum Gasteiger partial charge on any atom is -0.431 e. The van der Waals surface area contributed by atoms with Gasteiger partial charge in [-0.05, 0) is 6.08 Å². The molecule has 0 unspecified atom stereocenters. The second-order valence-corrected chi connectivity index (χ2v) is 1.74. The summed E-state index contributed by atoms with van der Waals surface area (Å²) in [6.45, 7) is 3.07. The van der Waals surface area contributed by atoms with Crippen molar-refractivity contribution in [1.29, 1.82) is 0 Å². The highest BCUT2D eigenvalue weighted by atomic mass is 16.5. The van der Waals surface area contributed by atoms with Gasteiger partial charge in [-0.25, -0.2) is 0 Å². The Labute approximate surface area is 53.8 Å². The molecule has 0 spiro atoms. The van der Waals surface area contributed by atoms with E-state index in [4.69, 9.17) is 0 Å². The molecule has 0 fully saturated rings. The molecule has 1 aliphatic carbocycles. The predicted octanol–water partition coefficient (Wildman–Crippen LogP) is 1.21. The molecule has 0 amide bonds. The molecular weight excluding hydrogens is 116 g/mol. The maximum atomic E-state index is 10.2. The summed E-state index contributed by atoms with van der Waals surface area (Å²) in [7, 11) is 0. The summed E-state index contributed by atoms with van der Waals surface area (Å²) in [6.07, 6.45) is 6.22. The number of esters is 1. The van der Waals surface area contributed by atoms with Gasteiger partial charge in [-0.1, -0.05) is 12.2 Å². The molecule has 0 aromatic carbocycles. The van der Waals surface area contributed by atoms with Gasteiger partial charge in [0.1, 0.15) is 5.76 Å². The van der Waals surface area contributed by atoms with Crippen LogP contribution in [0.25, 0.3) is 0 Å². The van der Waals surface area contributed by atoms with E-state index in [0.717, 1.165) is 0 Å². The van der Waals surface area contributed by atoms with Crippen molar-refractivity contribution in [3.63, 3.8) is 0 Å². The van der Waals surface area contributed by atoms with Gasteiger partial charge in [0.2, 0.25) is 0 Å². The van der Waals surface area contributed by atoms with Crippen LogP contribution in [0.1, 0.15) is 6.42 Å². The number of carbonyl (C=O) groups excluding carboxylic acids is 1. The molecule has 0 bridgehead atoms. The molecule has 0 aliphatic heterocycles. The van der Waals surface area contributed by atoms with E-state index < -0.39 is 5.97 Å². The lowest BCUT2D eigenvalue weighted by Gasteiger charge is -1.97. The molecule has 47 valence electrons. The summed E-state index contributed by atoms with van der Waals surface area (Å²) in [5.41, 5.74) is 0. The first-order valence-electron chi connectivity index (χ1n) is 2.68. The van der Waals surface area contributed by atoms with E-state index in [2.05, 4.69) is 11.7 Å². The van der Waals surface area contributed by atoms with Crippen LogP contribution in [-0.4, -0.2) is 5.97 Å². The number of carbonyl (C=O) groups is 1. The van der Waals surface area contributed by atoms with Crippen LogP contribution in [0.2, 0.25) is 0 Å². The second kappa shape index (κ2) is 2.49. The first-order chi connectivity index (χ1) is 4.29. The monoisotopic (exact) mass is 123 g/mol. The van der Waals surface area contributed by atoms with Crippen molar-refractivity contribution < 1.29 is 9.53 Å². The lowest BCUT2D eigenvalue weighted by Crippen LogP contribution is -1.96. The molecule has 0 N–H and O–H groups in total. The fourth-order valence-corrected chi connectivity index (χ4v) is 0.650. The van der Waals surface area contributed by atoms with Crippen LogP contribution in [0.4, 0.5) is 0 Å². The highest BCUT2D eigenvalue weighted by Crippen LogP contribution is 2.10. The maximum absolute atomic E-state index is 10.2. The van der Waals surface area contributed by atoms with Gasteiger partial charge in [-0.15, -0.1) is 0 Å². The Morgan fingerprint density at radius 2 is 2.56 bits per heavy atom. The van der Waals surface area contributed by atoms with Gasteiger partial charge in [-0.3, -0.25) is 4.79 Å². The molecule has 0 aromatic heterocycles. The highest BCUT2D eigenvalue weighted by Gasteiger charge is 2.01. The average Bonchev–Trinajstić information content (AvgIpc) is 2.15. The van der Waals surface area contributed by atoms with Crippen molar-refractivity contribution in [1.82, 2.24) is 0 Å². The quantitative estimate of drug-likeness (QED) is 0.490. The smallest absolute Gasteiger partial charge is 0.311 e. The van der Waals surface area contributed by atoms with Gasteiger partial charge in [0.15, 0.2) is 0 Å². The molecule has 1 radical (unpaired) electrons. The topological polar surface area (TPSA) is 26.3 Å². The molecule has 1 aliphatic rings. The van der Waals surface area contributed by atoms with E-state index in [1.165, 1.54) is 0 Å². The van der Waals surface area contributed by atoms with Crippen molar-refractivity contribution in [2.24, 2.45) is 0 Å². The summed E-state index contributed by atoms with van der Waals surface area (Å²) in [5.74, 6) is 0.181. The highest BCUT2D eigenvalue weighted by molar-refractivity contribution is 5.75. The van der Waals surface area contributed by atoms with Gasteiger partial charge in [0, 0.05) is 6.42 Å². The third kappa shape index (κ3) is 1.72. The zero-order valence-corrected chi connectivity index (χ0v) is 4.96. The normalized spacial score (nSPS) is 15.4. The van der Waals surface area contributed by atoms with Gasteiger partial charge in [0.05, 0.1) is 6.92 Å². The van der Waals surface area contributed by atoms with Crippen LogP contribution in [0.5, 0.6) is 0 Å². The first kappa shape index (κ1) is 6.08. The van der Waals surface area contributed by atoms with Crippen LogP contribution < -0.4 is 0 Å². The summed E-state index contributed by atoms with van der Waals surface area (Å²) < 4.78 is 4.66. The van der Waals surface area contributed by atoms with Crippen molar-refractivity contribution in [3.05, 3.63) is 30.9 Å². The molecule has 2 nitrogen and oxygen atoms in total. The lowest BCUT2D eigenvalue weighted by atomic mass is 10.4. The Balaban J connectivity index is 2.39. The van der Waals surface area contributed by atoms with Crippen molar-refractivity contribution in [3.8, 4) is 0 Å². The molecule has 0 saturated heterocycles. The number of allylic oxidation sites excluding steroid dienone is 3. The second-order valence-electron chi connectivity index (χ2n) is 1.74. The Morgan fingerprint density at radius 3 is 3.00 bits per heavy atom. The van der Waals surface area contributed by atoms with Crippen molar-refractivity contribution >= 4 is 5.97 Å². The minimum atomic E-state index is -0.495. The lowest BCUT2D eigenvalue weighted by molar-refractivity contribution is -0.134. The molecule has 1 rings (SSSR count). The Bertz CT molecular complexity index is 177. The molecule has 2 heteroatoms. The molecule has 0 heterocycles. The standard InChI is InChI=1S/C7H7O2/c1-6(8)9-7-4-2-3-5-7/h2-4H,1,5H2. The Morgan fingerprint density at radius 1 is 1.78 bits per heavy atom. The summed E-state index contributed by atoms with van der Waals surface area (Å²) >= 11 is 0. The first-order valence-corrected chi connectivity index (χ1v) is 2.68. The fraction of sp³-hybridized carbons (Fsp3) is 0.143. The minimum absolute atomic E-state index is 0.495. The van der Waals surface area contributed by atoms with Gasteiger partial charge in [-0.2, -0.15) is 0 Å². The van der Waals surface area contributed by atoms with E-state index in [-0.39, 0.29) is 0 Å². The average molecular weight is 123 g/mol. The number of rotatable bonds is 1. The largest absolute Gasteiger partial charge is 0.431 e. The van der Waals surface area contributed by atoms with Crippen LogP contribution in [0, 0.1) is 6.92 Å². The van der Waals surface area contributed by atoms with E-state index in [0.29, 0.717) is 12.2 Å². The fourth-order valence-electron chi connectivity index (χ4n) is 0.650. The number of hydrogen-bond donors (Lipinski definition) is 0. The third-order valence-electron chi connectivity index (χ3n) is 0.982. The number of ether oxygens (including phenoxy) is 1. The summed E-state index contributed by atoms with van der Waals surface area (Å²) in [4.78, 5) is 10.2. The zero-order chi connectivity index (χ0) is 6.69. The van der Waals surface area contributed by atoms with Crippen molar-refractivity contribution in [2.45, 2.75) is 6.42 Å². The van der Waals surface area contributed by atoms with Crippen LogP contribution in [-0.2, 0) is 9.53 Å². The van der Waals surface area contributed by atoms with Crippen LogP contribution >= 0.6 is 0 Å². The van der Waals surface area contributed by atoms with E-state index in [1.807, 2.05) is 12.2 Å². The van der Waals surface area contributed by atoms with Gasteiger partial charge in [0.25, 0.3) is 0 Å². The van der Waals surface area contributed by atoms with Crippen LogP contribution in [0.3, 0.4) is 0 Å². The molecular formula is C7H7O2. The molecule has 9 heavy (non-hydrogen) atoms. The Hall–Kier alpha value is -1.05. The molecule has 0 saturated carbocycles. The summed E-state index contributed by atoms with van der Waals surface area (Å²) in [5, 5.41) is 0. The number of hydrogen-bond acceptors (Lipinski definition) is 2. The third-order valence-corrected chi connectivity index (χ3v) is 0.982. The zero-order valence-electron chi connectivity index (χ0n) is 4.96. The predicted molar refractivity (Wildman–Crippen MR) is 33.3 cm³/mol. The van der Waals surface area contributed by atoms with Crippen molar-refractivity contribution in [2.75, 3.05) is 0 Å². The summed E-state index contributed by atoms with van der Waals surface area (Å²) in [6, 6.07) is 0. The SMILES string of the molecule is [CH2]C(=O)OC1=CC=CC1. The van der Waals surface area contributed by atoms with E-state index in [1.54, 1.807) is 6.08 Å².